The summed E-state index contributed by atoms with van der Waals surface area (Å²) in [7, 11) is 0. The second-order valence-electron chi connectivity index (χ2n) is 7.01. The molecule has 28 heavy (non-hydrogen) atoms. The first kappa shape index (κ1) is 20.2. The zero-order valence-corrected chi connectivity index (χ0v) is 17.5. The van der Waals surface area contributed by atoms with Gasteiger partial charge in [0.1, 0.15) is 6.61 Å². The van der Waals surface area contributed by atoms with E-state index in [4.69, 9.17) is 4.74 Å². The average Bonchev–Trinajstić information content (AvgIpc) is 2.98. The molecule has 0 fully saturated rings. The van der Waals surface area contributed by atoms with Crippen LogP contribution >= 0.6 is 15.9 Å². The van der Waals surface area contributed by atoms with Crippen LogP contribution in [0.25, 0.3) is 11.1 Å². The van der Waals surface area contributed by atoms with Crippen LogP contribution in [0.3, 0.4) is 0 Å². The zero-order valence-electron chi connectivity index (χ0n) is 16.0. The van der Waals surface area contributed by atoms with Crippen molar-refractivity contribution in [1.29, 1.82) is 0 Å². The number of rotatable bonds is 7. The van der Waals surface area contributed by atoms with E-state index in [1.807, 2.05) is 43.3 Å². The first-order valence-corrected chi connectivity index (χ1v) is 10.1. The molecule has 3 rings (SSSR count). The number of nitrogens with one attached hydrogen (secondary N) is 1. The molecule has 0 radical (unpaired) electrons. The van der Waals surface area contributed by atoms with Crippen molar-refractivity contribution in [2.24, 2.45) is 0 Å². The highest BCUT2D eigenvalue weighted by Crippen LogP contribution is 2.44. The van der Waals surface area contributed by atoms with Crippen LogP contribution in [0.1, 0.15) is 30.4 Å². The predicted molar refractivity (Wildman–Crippen MR) is 119 cm³/mol. The summed E-state index contributed by atoms with van der Waals surface area (Å²) in [6.07, 6.45) is 3.95. The lowest BCUT2D eigenvalue weighted by Gasteiger charge is -2.17. The Hall–Kier alpha value is -2.59. The minimum Gasteiger partial charge on any atom is -0.449 e. The van der Waals surface area contributed by atoms with Crippen LogP contribution in [0.15, 0.2) is 83.9 Å². The molecule has 144 valence electrons. The highest BCUT2D eigenvalue weighted by atomic mass is 79.9. The molecule has 1 amide bonds. The summed E-state index contributed by atoms with van der Waals surface area (Å²) in [6, 6.07) is 16.5. The van der Waals surface area contributed by atoms with Crippen LogP contribution in [-0.4, -0.2) is 18.7 Å². The van der Waals surface area contributed by atoms with E-state index in [2.05, 4.69) is 58.7 Å². The number of fused-ring (bicyclic) bond motifs is 3. The van der Waals surface area contributed by atoms with E-state index < -0.39 is 6.09 Å². The molecule has 1 aliphatic carbocycles. The number of benzene rings is 2. The number of hydrogen-bond donors (Lipinski definition) is 1. The molecule has 0 aliphatic heterocycles. The summed E-state index contributed by atoms with van der Waals surface area (Å²) in [5.41, 5.74) is 5.76. The van der Waals surface area contributed by atoms with Gasteiger partial charge in [0.2, 0.25) is 0 Å². The number of ether oxygens (including phenoxy) is 1. The topological polar surface area (TPSA) is 38.3 Å². The molecule has 0 spiro atoms. The third-order valence-electron chi connectivity index (χ3n) is 4.78. The molecule has 1 unspecified atom stereocenters. The largest absolute Gasteiger partial charge is 0.449 e. The molecule has 2 aromatic rings. The van der Waals surface area contributed by atoms with E-state index >= 15 is 0 Å². The predicted octanol–water partition coefficient (Wildman–Crippen LogP) is 6.32. The Bertz CT molecular complexity index is 886. The lowest BCUT2D eigenvalue weighted by molar-refractivity contribution is 0.140. The second kappa shape index (κ2) is 9.07. The summed E-state index contributed by atoms with van der Waals surface area (Å²) in [6.45, 7) is 9.99. The highest BCUT2D eigenvalue weighted by Gasteiger charge is 2.29. The lowest BCUT2D eigenvalue weighted by atomic mass is 9.98. The van der Waals surface area contributed by atoms with Gasteiger partial charge in [0, 0.05) is 16.4 Å². The van der Waals surface area contributed by atoms with Crippen molar-refractivity contribution in [2.45, 2.75) is 25.3 Å². The Kier molecular flexibility index (Phi) is 6.53. The van der Waals surface area contributed by atoms with E-state index in [0.29, 0.717) is 13.0 Å². The molecule has 0 saturated heterocycles. The van der Waals surface area contributed by atoms with Gasteiger partial charge in [0.25, 0.3) is 0 Å². The maximum Gasteiger partial charge on any atom is 0.407 e. The van der Waals surface area contributed by atoms with Gasteiger partial charge in [0.15, 0.2) is 0 Å². The molecular weight excluding hydrogens is 414 g/mol. The zero-order chi connectivity index (χ0) is 20.1. The van der Waals surface area contributed by atoms with Gasteiger partial charge in [-0.2, -0.15) is 0 Å². The number of amides is 1. The molecule has 0 aromatic heterocycles. The van der Waals surface area contributed by atoms with Gasteiger partial charge >= 0.3 is 6.09 Å². The molecule has 1 atom stereocenters. The summed E-state index contributed by atoms with van der Waals surface area (Å²) < 4.78 is 6.35. The van der Waals surface area contributed by atoms with Crippen molar-refractivity contribution in [3.05, 3.63) is 95.0 Å². The van der Waals surface area contributed by atoms with Crippen LogP contribution in [0.5, 0.6) is 0 Å². The third-order valence-corrected chi connectivity index (χ3v) is 5.04. The van der Waals surface area contributed by atoms with E-state index in [-0.39, 0.29) is 12.0 Å². The molecule has 4 heteroatoms. The minimum absolute atomic E-state index is 0.0660. The van der Waals surface area contributed by atoms with E-state index in [1.165, 1.54) is 22.3 Å². The number of halogens is 1. The van der Waals surface area contributed by atoms with Gasteiger partial charge in [-0.1, -0.05) is 89.3 Å². The second-order valence-corrected chi connectivity index (χ2v) is 8.03. The van der Waals surface area contributed by atoms with Gasteiger partial charge in [-0.15, -0.1) is 0 Å². The molecular formula is C24H24BrNO2. The quantitative estimate of drug-likeness (QED) is 0.514. The number of alkyl carbamates (subject to hydrolysis) is 1. The van der Waals surface area contributed by atoms with Crippen molar-refractivity contribution in [1.82, 2.24) is 5.32 Å². The summed E-state index contributed by atoms with van der Waals surface area (Å²) in [4.78, 5) is 12.3. The van der Waals surface area contributed by atoms with E-state index in [9.17, 15) is 4.79 Å². The van der Waals surface area contributed by atoms with Crippen LogP contribution in [-0.2, 0) is 4.74 Å². The van der Waals surface area contributed by atoms with Crippen LogP contribution in [0.4, 0.5) is 4.79 Å². The number of hydrogen-bond acceptors (Lipinski definition) is 2. The van der Waals surface area contributed by atoms with Gasteiger partial charge in [0.05, 0.1) is 0 Å². The fourth-order valence-corrected chi connectivity index (χ4v) is 3.69. The molecule has 3 nitrogen and oxygen atoms in total. The van der Waals surface area contributed by atoms with Gasteiger partial charge < -0.3 is 10.1 Å². The summed E-state index contributed by atoms with van der Waals surface area (Å²) in [5.74, 6) is 0.0660. The Morgan fingerprint density at radius 2 is 1.68 bits per heavy atom. The first-order chi connectivity index (χ1) is 13.5. The molecule has 2 aromatic carbocycles. The van der Waals surface area contributed by atoms with Crippen LogP contribution < -0.4 is 5.32 Å². The summed E-state index contributed by atoms with van der Waals surface area (Å²) >= 11 is 3.27. The van der Waals surface area contributed by atoms with Crippen LogP contribution in [0.2, 0.25) is 0 Å². The first-order valence-electron chi connectivity index (χ1n) is 9.27. The van der Waals surface area contributed by atoms with Crippen molar-refractivity contribution >= 4 is 22.0 Å². The Morgan fingerprint density at radius 3 is 2.25 bits per heavy atom. The van der Waals surface area contributed by atoms with Gasteiger partial charge in [-0.25, -0.2) is 4.79 Å². The Morgan fingerprint density at radius 1 is 1.11 bits per heavy atom. The maximum atomic E-state index is 12.3. The smallest absolute Gasteiger partial charge is 0.407 e. The number of allylic oxidation sites excluding steroid dienone is 3. The van der Waals surface area contributed by atoms with Crippen molar-refractivity contribution in [2.75, 3.05) is 6.61 Å². The Labute approximate surface area is 174 Å². The fourth-order valence-electron chi connectivity index (χ4n) is 3.56. The third kappa shape index (κ3) is 4.82. The standard InChI is InChI=1S/C24H24BrNO2/c1-16(12-13-17(2)25)14-18(3)26-24(27)28-15-23-21-10-6-4-8-19(21)20-9-5-7-11-22(20)23/h4-13,18,23H,1-2,14-15H2,3H3,(H,26,27)/b13-12-. The number of carbonyl (C=O) groups excluding carboxylic acids is 1. The van der Waals surface area contributed by atoms with Gasteiger partial charge in [-0.05, 0) is 41.7 Å². The minimum atomic E-state index is -0.406. The lowest BCUT2D eigenvalue weighted by Crippen LogP contribution is -2.34. The monoisotopic (exact) mass is 437 g/mol. The SMILES string of the molecule is C=C(Br)/C=C\C(=C)CC(C)NC(=O)OCC1c2ccccc2-c2ccccc21. The highest BCUT2D eigenvalue weighted by molar-refractivity contribution is 9.11. The van der Waals surface area contributed by atoms with Crippen LogP contribution in [0, 0.1) is 0 Å². The molecule has 0 saturated carbocycles. The number of carbonyl (C=O) groups is 1. The molecule has 0 bridgehead atoms. The normalized spacial score (nSPS) is 13.6. The molecule has 1 N–H and O–H groups in total. The van der Waals surface area contributed by atoms with Gasteiger partial charge in [-0.3, -0.25) is 0 Å². The van der Waals surface area contributed by atoms with E-state index in [1.54, 1.807) is 0 Å². The average molecular weight is 438 g/mol. The maximum absolute atomic E-state index is 12.3. The van der Waals surface area contributed by atoms with Crippen molar-refractivity contribution < 1.29 is 9.53 Å². The fraction of sp³-hybridized carbons (Fsp3) is 0.208. The molecule has 1 aliphatic rings. The Balaban J connectivity index is 1.58. The summed E-state index contributed by atoms with van der Waals surface area (Å²) in [5, 5.41) is 2.88. The molecule has 0 heterocycles. The van der Waals surface area contributed by atoms with E-state index in [0.717, 1.165) is 10.1 Å². The van der Waals surface area contributed by atoms with Crippen molar-refractivity contribution in [3.63, 3.8) is 0 Å². The van der Waals surface area contributed by atoms with Crippen molar-refractivity contribution in [3.8, 4) is 11.1 Å².